The lowest BCUT2D eigenvalue weighted by Crippen LogP contribution is -2.42. The lowest BCUT2D eigenvalue weighted by molar-refractivity contribution is -0.184. The van der Waals surface area contributed by atoms with Gasteiger partial charge in [-0.3, -0.25) is 4.79 Å². The van der Waals surface area contributed by atoms with Crippen LogP contribution in [0.1, 0.15) is 38.5 Å². The van der Waals surface area contributed by atoms with Gasteiger partial charge >= 0.3 is 12.1 Å². The van der Waals surface area contributed by atoms with E-state index in [9.17, 15) is 22.8 Å². The summed E-state index contributed by atoms with van der Waals surface area (Å²) in [5.41, 5.74) is 0. The summed E-state index contributed by atoms with van der Waals surface area (Å²) in [5.74, 6) is -2.97. The smallest absolute Gasteiger partial charge is 0.391 e. The van der Waals surface area contributed by atoms with Crippen molar-refractivity contribution in [2.75, 3.05) is 13.7 Å². The molecule has 5 nitrogen and oxygen atoms in total. The van der Waals surface area contributed by atoms with Crippen LogP contribution in [0.3, 0.4) is 0 Å². The predicted molar refractivity (Wildman–Crippen MR) is 72.2 cm³/mol. The van der Waals surface area contributed by atoms with Crippen molar-refractivity contribution < 1.29 is 32.6 Å². The van der Waals surface area contributed by atoms with Crippen molar-refractivity contribution in [2.45, 2.75) is 50.7 Å². The first-order valence-corrected chi connectivity index (χ1v) is 7.31. The summed E-state index contributed by atoms with van der Waals surface area (Å²) in [6, 6.07) is -1.03. The zero-order valence-corrected chi connectivity index (χ0v) is 12.5. The van der Waals surface area contributed by atoms with Crippen LogP contribution in [-0.4, -0.2) is 42.9 Å². The molecule has 0 spiro atoms. The number of alkyl halides is 3. The number of halogens is 3. The number of nitrogens with one attached hydrogen (secondary N) is 1. The second kappa shape index (κ2) is 8.36. The van der Waals surface area contributed by atoms with E-state index in [-0.39, 0.29) is 38.2 Å². The van der Waals surface area contributed by atoms with Crippen LogP contribution in [0, 0.1) is 11.8 Å². The highest BCUT2D eigenvalue weighted by molar-refractivity contribution is 5.83. The van der Waals surface area contributed by atoms with Crippen LogP contribution in [0.4, 0.5) is 13.2 Å². The highest BCUT2D eigenvalue weighted by atomic mass is 19.4. The van der Waals surface area contributed by atoms with E-state index in [0.717, 1.165) is 0 Å². The summed E-state index contributed by atoms with van der Waals surface area (Å²) in [4.78, 5) is 22.8. The standard InChI is InChI=1S/C14H22F3NO4/c1-22-7-6-11(13(20)21)18-12(19)8-9-2-4-10(5-3-9)14(15,16)17/h9-11H,2-8H2,1H3,(H,18,19)(H,20,21). The molecule has 0 saturated heterocycles. The predicted octanol–water partition coefficient (Wildman–Crippen LogP) is 2.35. The Morgan fingerprint density at radius 3 is 2.32 bits per heavy atom. The lowest BCUT2D eigenvalue weighted by Gasteiger charge is -2.29. The van der Waals surface area contributed by atoms with Gasteiger partial charge < -0.3 is 15.2 Å². The molecule has 0 aromatic heterocycles. The Kier molecular flexibility index (Phi) is 7.12. The molecule has 1 atom stereocenters. The number of carboxylic acids is 1. The molecule has 0 aromatic rings. The minimum absolute atomic E-state index is 0.0352. The number of amides is 1. The molecule has 8 heteroatoms. The maximum absolute atomic E-state index is 12.6. The van der Waals surface area contributed by atoms with Crippen molar-refractivity contribution >= 4 is 11.9 Å². The molecular weight excluding hydrogens is 303 g/mol. The molecule has 1 fully saturated rings. The first kappa shape index (κ1) is 18.7. The number of hydrogen-bond acceptors (Lipinski definition) is 3. The van der Waals surface area contributed by atoms with Crippen LogP contribution in [0.5, 0.6) is 0 Å². The van der Waals surface area contributed by atoms with Gasteiger partial charge in [-0.05, 0) is 31.6 Å². The summed E-state index contributed by atoms with van der Waals surface area (Å²) in [6.45, 7) is 0.202. The molecule has 128 valence electrons. The Morgan fingerprint density at radius 2 is 1.86 bits per heavy atom. The van der Waals surface area contributed by atoms with Crippen LogP contribution >= 0.6 is 0 Å². The van der Waals surface area contributed by atoms with Crippen LogP contribution in [0.2, 0.25) is 0 Å². The quantitative estimate of drug-likeness (QED) is 0.753. The maximum atomic E-state index is 12.6. The second-order valence-corrected chi connectivity index (χ2v) is 5.70. The fraction of sp³-hybridized carbons (Fsp3) is 0.857. The second-order valence-electron chi connectivity index (χ2n) is 5.70. The number of aliphatic carboxylic acids is 1. The minimum atomic E-state index is -4.16. The van der Waals surface area contributed by atoms with Gasteiger partial charge in [-0.2, -0.15) is 13.2 Å². The van der Waals surface area contributed by atoms with Crippen molar-refractivity contribution in [1.29, 1.82) is 0 Å². The number of hydrogen-bond donors (Lipinski definition) is 2. The van der Waals surface area contributed by atoms with Gasteiger partial charge in [-0.15, -0.1) is 0 Å². The van der Waals surface area contributed by atoms with Gasteiger partial charge in [0.05, 0.1) is 5.92 Å². The SMILES string of the molecule is COCCC(NC(=O)CC1CCC(C(F)(F)F)CC1)C(=O)O. The number of carboxylic acid groups (broad SMARTS) is 1. The monoisotopic (exact) mass is 325 g/mol. The molecule has 22 heavy (non-hydrogen) atoms. The van der Waals surface area contributed by atoms with Gasteiger partial charge in [-0.25, -0.2) is 4.79 Å². The third-order valence-electron chi connectivity index (χ3n) is 4.03. The molecule has 1 aliphatic carbocycles. The fourth-order valence-corrected chi connectivity index (χ4v) is 2.70. The Bertz CT molecular complexity index is 379. The zero-order chi connectivity index (χ0) is 16.8. The van der Waals surface area contributed by atoms with E-state index in [1.54, 1.807) is 0 Å². The normalized spacial score (nSPS) is 23.8. The highest BCUT2D eigenvalue weighted by Crippen LogP contribution is 2.40. The van der Waals surface area contributed by atoms with Crippen LogP contribution < -0.4 is 5.32 Å². The molecule has 0 aromatic carbocycles. The first-order valence-electron chi connectivity index (χ1n) is 7.31. The summed E-state index contributed by atoms with van der Waals surface area (Å²) in [5, 5.41) is 11.4. The lowest BCUT2D eigenvalue weighted by atomic mass is 9.80. The van der Waals surface area contributed by atoms with Crippen molar-refractivity contribution in [3.05, 3.63) is 0 Å². The third-order valence-corrected chi connectivity index (χ3v) is 4.03. The Balaban J connectivity index is 2.38. The summed E-state index contributed by atoms with van der Waals surface area (Å²) in [6.07, 6.45) is -3.19. The average molecular weight is 325 g/mol. The highest BCUT2D eigenvalue weighted by Gasteiger charge is 2.41. The van der Waals surface area contributed by atoms with Gasteiger partial charge in [0, 0.05) is 26.6 Å². The first-order chi connectivity index (χ1) is 10.2. The van der Waals surface area contributed by atoms with E-state index in [2.05, 4.69) is 5.32 Å². The molecule has 0 radical (unpaired) electrons. The number of methoxy groups -OCH3 is 1. The molecule has 0 aliphatic heterocycles. The molecule has 0 bridgehead atoms. The van der Waals surface area contributed by atoms with Crippen molar-refractivity contribution in [3.63, 3.8) is 0 Å². The fourth-order valence-electron chi connectivity index (χ4n) is 2.70. The molecule has 1 amide bonds. The van der Waals surface area contributed by atoms with Crippen LogP contribution in [-0.2, 0) is 14.3 Å². The number of carbonyl (C=O) groups excluding carboxylic acids is 1. The average Bonchev–Trinajstić information content (AvgIpc) is 2.42. The molecule has 1 aliphatic rings. The Hall–Kier alpha value is -1.31. The third kappa shape index (κ3) is 6.21. The van der Waals surface area contributed by atoms with E-state index < -0.39 is 30.0 Å². The molecule has 2 N–H and O–H groups in total. The largest absolute Gasteiger partial charge is 0.480 e. The van der Waals surface area contributed by atoms with E-state index in [1.807, 2.05) is 0 Å². The number of rotatable bonds is 7. The van der Waals surface area contributed by atoms with E-state index >= 15 is 0 Å². The number of ether oxygens (including phenoxy) is 1. The molecule has 1 rings (SSSR count). The summed E-state index contributed by atoms with van der Waals surface area (Å²) < 4.78 is 42.4. The van der Waals surface area contributed by atoms with Gasteiger partial charge in [0.15, 0.2) is 0 Å². The van der Waals surface area contributed by atoms with Crippen LogP contribution in [0.25, 0.3) is 0 Å². The van der Waals surface area contributed by atoms with Crippen molar-refractivity contribution in [1.82, 2.24) is 5.32 Å². The molecule has 1 saturated carbocycles. The van der Waals surface area contributed by atoms with E-state index in [1.165, 1.54) is 7.11 Å². The number of carbonyl (C=O) groups is 2. The van der Waals surface area contributed by atoms with E-state index in [0.29, 0.717) is 12.8 Å². The van der Waals surface area contributed by atoms with E-state index in [4.69, 9.17) is 9.84 Å². The van der Waals surface area contributed by atoms with Crippen LogP contribution in [0.15, 0.2) is 0 Å². The maximum Gasteiger partial charge on any atom is 0.391 e. The Labute approximate surface area is 127 Å². The summed E-state index contributed by atoms with van der Waals surface area (Å²) in [7, 11) is 1.43. The zero-order valence-electron chi connectivity index (χ0n) is 12.5. The van der Waals surface area contributed by atoms with Gasteiger partial charge in [0.1, 0.15) is 6.04 Å². The van der Waals surface area contributed by atoms with Gasteiger partial charge in [-0.1, -0.05) is 0 Å². The van der Waals surface area contributed by atoms with Crippen molar-refractivity contribution in [2.24, 2.45) is 11.8 Å². The van der Waals surface area contributed by atoms with Gasteiger partial charge in [0.2, 0.25) is 5.91 Å². The Morgan fingerprint density at radius 1 is 1.27 bits per heavy atom. The molecule has 0 heterocycles. The summed E-state index contributed by atoms with van der Waals surface area (Å²) >= 11 is 0. The topological polar surface area (TPSA) is 75.6 Å². The molecular formula is C14H22F3NO4. The van der Waals surface area contributed by atoms with Crippen molar-refractivity contribution in [3.8, 4) is 0 Å². The molecule has 1 unspecified atom stereocenters. The minimum Gasteiger partial charge on any atom is -0.480 e. The van der Waals surface area contributed by atoms with Gasteiger partial charge in [0.25, 0.3) is 0 Å².